The smallest absolute Gasteiger partial charge is 0.269 e. The summed E-state index contributed by atoms with van der Waals surface area (Å²) in [5.74, 6) is -2.33. The zero-order chi connectivity index (χ0) is 15.6. The van der Waals surface area contributed by atoms with Crippen LogP contribution in [-0.4, -0.2) is 17.4 Å². The molecule has 4 N–H and O–H groups in total. The van der Waals surface area contributed by atoms with Crippen molar-refractivity contribution in [1.82, 2.24) is 4.98 Å². The standard InChI is InChI=1S/C13H14F2N4OS/c1-3-17-13-19-11(16)10(21-13)12(20)18-9-7(14)5-4-6(2)8(9)15/h4-5H,3,16H2,1-2H3,(H,17,19)(H,18,20). The van der Waals surface area contributed by atoms with Crippen molar-refractivity contribution in [2.45, 2.75) is 13.8 Å². The van der Waals surface area contributed by atoms with Crippen LogP contribution in [0.1, 0.15) is 22.2 Å². The molecule has 0 fully saturated rings. The van der Waals surface area contributed by atoms with E-state index in [0.29, 0.717) is 11.7 Å². The van der Waals surface area contributed by atoms with E-state index in [1.54, 1.807) is 0 Å². The van der Waals surface area contributed by atoms with Crippen LogP contribution in [0.2, 0.25) is 0 Å². The van der Waals surface area contributed by atoms with E-state index in [1.807, 2.05) is 6.92 Å². The average Bonchev–Trinajstić information content (AvgIpc) is 2.80. The quantitative estimate of drug-likeness (QED) is 0.811. The van der Waals surface area contributed by atoms with Gasteiger partial charge in [-0.25, -0.2) is 13.8 Å². The molecule has 0 radical (unpaired) electrons. The maximum atomic E-state index is 13.9. The number of anilines is 3. The van der Waals surface area contributed by atoms with Gasteiger partial charge in [-0.15, -0.1) is 0 Å². The second kappa shape index (κ2) is 6.04. The highest BCUT2D eigenvalue weighted by atomic mass is 32.1. The molecule has 0 aliphatic rings. The third kappa shape index (κ3) is 3.10. The van der Waals surface area contributed by atoms with Gasteiger partial charge in [0.1, 0.15) is 22.2 Å². The van der Waals surface area contributed by atoms with Crippen molar-refractivity contribution < 1.29 is 13.6 Å². The molecule has 0 bridgehead atoms. The van der Waals surface area contributed by atoms with Crippen molar-refractivity contribution in [2.75, 3.05) is 22.9 Å². The first kappa shape index (κ1) is 15.2. The molecule has 0 saturated heterocycles. The SMILES string of the molecule is CCNc1nc(N)c(C(=O)Nc2c(F)ccc(C)c2F)s1. The zero-order valence-electron chi connectivity index (χ0n) is 11.5. The maximum absolute atomic E-state index is 13.9. The lowest BCUT2D eigenvalue weighted by Crippen LogP contribution is -2.15. The summed E-state index contributed by atoms with van der Waals surface area (Å²) in [6, 6.07) is 2.39. The third-order valence-electron chi connectivity index (χ3n) is 2.71. The zero-order valence-corrected chi connectivity index (χ0v) is 12.3. The molecule has 0 aliphatic carbocycles. The number of halogens is 2. The molecule has 0 unspecified atom stereocenters. The number of hydrogen-bond acceptors (Lipinski definition) is 5. The number of hydrogen-bond donors (Lipinski definition) is 3. The number of nitrogens with two attached hydrogens (primary N) is 1. The number of amides is 1. The van der Waals surface area contributed by atoms with Gasteiger partial charge >= 0.3 is 0 Å². The number of nitrogens with one attached hydrogen (secondary N) is 2. The topological polar surface area (TPSA) is 80.0 Å². The summed E-state index contributed by atoms with van der Waals surface area (Å²) in [6.45, 7) is 3.97. The van der Waals surface area contributed by atoms with E-state index in [0.717, 1.165) is 17.4 Å². The van der Waals surface area contributed by atoms with E-state index in [4.69, 9.17) is 5.73 Å². The Balaban J connectivity index is 2.28. The first-order valence-electron chi connectivity index (χ1n) is 6.20. The van der Waals surface area contributed by atoms with E-state index >= 15 is 0 Å². The molecule has 0 atom stereocenters. The van der Waals surface area contributed by atoms with Crippen molar-refractivity contribution in [3.05, 3.63) is 34.2 Å². The highest BCUT2D eigenvalue weighted by Gasteiger charge is 2.20. The molecule has 1 aromatic carbocycles. The van der Waals surface area contributed by atoms with Crippen molar-refractivity contribution >= 4 is 33.9 Å². The Kier molecular flexibility index (Phi) is 4.37. The van der Waals surface area contributed by atoms with Crippen LogP contribution in [0.3, 0.4) is 0 Å². The van der Waals surface area contributed by atoms with E-state index < -0.39 is 23.2 Å². The van der Waals surface area contributed by atoms with Gasteiger partial charge in [-0.3, -0.25) is 4.79 Å². The van der Waals surface area contributed by atoms with E-state index in [9.17, 15) is 13.6 Å². The van der Waals surface area contributed by atoms with Crippen molar-refractivity contribution in [1.29, 1.82) is 0 Å². The number of aromatic nitrogens is 1. The summed E-state index contributed by atoms with van der Waals surface area (Å²) in [6.07, 6.45) is 0. The summed E-state index contributed by atoms with van der Waals surface area (Å²) >= 11 is 1.02. The van der Waals surface area contributed by atoms with Crippen molar-refractivity contribution in [2.24, 2.45) is 0 Å². The lowest BCUT2D eigenvalue weighted by molar-refractivity contribution is 0.103. The summed E-state index contributed by atoms with van der Waals surface area (Å²) in [5.41, 5.74) is 5.39. The van der Waals surface area contributed by atoms with Crippen LogP contribution in [0.15, 0.2) is 12.1 Å². The van der Waals surface area contributed by atoms with Gasteiger partial charge < -0.3 is 16.4 Å². The van der Waals surface area contributed by atoms with Crippen LogP contribution in [0.4, 0.5) is 25.4 Å². The number of benzene rings is 1. The van der Waals surface area contributed by atoms with Crippen LogP contribution >= 0.6 is 11.3 Å². The van der Waals surface area contributed by atoms with E-state index in [-0.39, 0.29) is 16.3 Å². The number of thiazole rings is 1. The molecule has 0 saturated carbocycles. The summed E-state index contributed by atoms with van der Waals surface area (Å²) in [4.78, 5) is 16.2. The fourth-order valence-electron chi connectivity index (χ4n) is 1.66. The van der Waals surface area contributed by atoms with Gasteiger partial charge in [-0.05, 0) is 25.5 Å². The molecule has 1 amide bonds. The number of carbonyl (C=O) groups excluding carboxylic acids is 1. The Hall–Kier alpha value is -2.22. The molecule has 112 valence electrons. The molecular weight excluding hydrogens is 298 g/mol. The Morgan fingerprint density at radius 2 is 2.14 bits per heavy atom. The number of nitrogens with zero attached hydrogens (tertiary/aromatic N) is 1. The summed E-state index contributed by atoms with van der Waals surface area (Å²) in [7, 11) is 0. The molecular formula is C13H14F2N4OS. The summed E-state index contributed by atoms with van der Waals surface area (Å²) in [5, 5.41) is 5.60. The lowest BCUT2D eigenvalue weighted by atomic mass is 10.2. The number of carbonyl (C=O) groups is 1. The largest absolute Gasteiger partial charge is 0.382 e. The lowest BCUT2D eigenvalue weighted by Gasteiger charge is -2.08. The Labute approximate surface area is 124 Å². The monoisotopic (exact) mass is 312 g/mol. The first-order valence-corrected chi connectivity index (χ1v) is 7.01. The second-order valence-corrected chi connectivity index (χ2v) is 5.27. The number of nitrogen functional groups attached to an aromatic ring is 1. The van der Waals surface area contributed by atoms with Gasteiger partial charge in [-0.1, -0.05) is 17.4 Å². The molecule has 1 aromatic heterocycles. The Morgan fingerprint density at radius 1 is 1.43 bits per heavy atom. The van der Waals surface area contributed by atoms with Gasteiger partial charge in [0, 0.05) is 6.54 Å². The molecule has 1 heterocycles. The molecule has 8 heteroatoms. The van der Waals surface area contributed by atoms with E-state index in [1.165, 1.54) is 13.0 Å². The van der Waals surface area contributed by atoms with Crippen LogP contribution in [0.5, 0.6) is 0 Å². The van der Waals surface area contributed by atoms with Crippen molar-refractivity contribution in [3.63, 3.8) is 0 Å². The fourth-order valence-corrected chi connectivity index (χ4v) is 2.51. The van der Waals surface area contributed by atoms with Gasteiger partial charge in [0.25, 0.3) is 5.91 Å². The molecule has 2 aromatic rings. The van der Waals surface area contributed by atoms with E-state index in [2.05, 4.69) is 15.6 Å². The minimum absolute atomic E-state index is 0.0157. The van der Waals surface area contributed by atoms with Crippen LogP contribution < -0.4 is 16.4 Å². The Bertz CT molecular complexity index is 687. The Morgan fingerprint density at radius 3 is 2.81 bits per heavy atom. The van der Waals surface area contributed by atoms with Crippen LogP contribution in [-0.2, 0) is 0 Å². The second-order valence-electron chi connectivity index (χ2n) is 4.27. The predicted molar refractivity (Wildman–Crippen MR) is 79.7 cm³/mol. The molecule has 2 rings (SSSR count). The van der Waals surface area contributed by atoms with Gasteiger partial charge in [0.15, 0.2) is 10.9 Å². The maximum Gasteiger partial charge on any atom is 0.269 e. The van der Waals surface area contributed by atoms with Crippen LogP contribution in [0.25, 0.3) is 0 Å². The highest BCUT2D eigenvalue weighted by molar-refractivity contribution is 7.18. The normalized spacial score (nSPS) is 10.5. The predicted octanol–water partition coefficient (Wildman–Crippen LogP) is 3.00. The minimum Gasteiger partial charge on any atom is -0.382 e. The molecule has 21 heavy (non-hydrogen) atoms. The minimum atomic E-state index is -0.846. The molecule has 0 spiro atoms. The summed E-state index contributed by atoms with van der Waals surface area (Å²) < 4.78 is 27.5. The highest BCUT2D eigenvalue weighted by Crippen LogP contribution is 2.27. The van der Waals surface area contributed by atoms with Crippen LogP contribution in [0, 0.1) is 18.6 Å². The average molecular weight is 312 g/mol. The van der Waals surface area contributed by atoms with Crippen molar-refractivity contribution in [3.8, 4) is 0 Å². The number of aryl methyl sites for hydroxylation is 1. The fraction of sp³-hybridized carbons (Fsp3) is 0.231. The molecule has 5 nitrogen and oxygen atoms in total. The van der Waals surface area contributed by atoms with Gasteiger partial charge in [0.2, 0.25) is 0 Å². The van der Waals surface area contributed by atoms with Gasteiger partial charge in [0.05, 0.1) is 0 Å². The third-order valence-corrected chi connectivity index (χ3v) is 3.74. The molecule has 0 aliphatic heterocycles. The number of rotatable bonds is 4. The van der Waals surface area contributed by atoms with Gasteiger partial charge in [-0.2, -0.15) is 0 Å². The first-order chi connectivity index (χ1) is 9.93.